The molecule has 1 aliphatic rings. The van der Waals surface area contributed by atoms with Crippen LogP contribution >= 0.6 is 11.8 Å². The van der Waals surface area contributed by atoms with Gasteiger partial charge in [-0.15, -0.1) is 11.8 Å². The van der Waals surface area contributed by atoms with Gasteiger partial charge in [-0.2, -0.15) is 0 Å². The van der Waals surface area contributed by atoms with E-state index in [1.807, 2.05) is 51.9 Å². The first kappa shape index (κ1) is 19.1. The summed E-state index contributed by atoms with van der Waals surface area (Å²) in [6.07, 6.45) is -0.891. The Balaban J connectivity index is 2.46. The first-order valence-electron chi connectivity index (χ1n) is 8.19. The summed E-state index contributed by atoms with van der Waals surface area (Å²) in [7, 11) is 3.87. The van der Waals surface area contributed by atoms with Crippen LogP contribution in [0.3, 0.4) is 0 Å². The minimum atomic E-state index is -0.891. The van der Waals surface area contributed by atoms with E-state index in [1.165, 1.54) is 11.8 Å². The lowest BCUT2D eigenvalue weighted by Gasteiger charge is -2.29. The van der Waals surface area contributed by atoms with Crippen molar-refractivity contribution in [2.45, 2.75) is 44.1 Å². The van der Waals surface area contributed by atoms with E-state index in [4.69, 9.17) is 0 Å². The van der Waals surface area contributed by atoms with Crippen molar-refractivity contribution >= 4 is 17.7 Å². The van der Waals surface area contributed by atoms with E-state index in [9.17, 15) is 15.0 Å². The Morgan fingerprint density at radius 3 is 2.58 bits per heavy atom. The lowest BCUT2D eigenvalue weighted by molar-refractivity contribution is -0.122. The van der Waals surface area contributed by atoms with Crippen molar-refractivity contribution in [2.75, 3.05) is 26.4 Å². The van der Waals surface area contributed by atoms with E-state index in [1.54, 1.807) is 0 Å². The number of phenolic OH excluding ortho intramolecular Hbond substituents is 1. The summed E-state index contributed by atoms with van der Waals surface area (Å²) < 4.78 is 0. The lowest BCUT2D eigenvalue weighted by atomic mass is 9.83. The Kier molecular flexibility index (Phi) is 5.83. The molecule has 2 rings (SSSR count). The molecule has 0 spiro atoms. The third kappa shape index (κ3) is 4.23. The predicted molar refractivity (Wildman–Crippen MR) is 98.4 cm³/mol. The number of benzene rings is 1. The normalized spacial score (nSPS) is 20.1. The highest BCUT2D eigenvalue weighted by atomic mass is 32.2. The van der Waals surface area contributed by atoms with Crippen LogP contribution in [0.4, 0.5) is 0 Å². The van der Waals surface area contributed by atoms with E-state index < -0.39 is 11.4 Å². The number of amides is 1. The molecule has 1 saturated heterocycles. The van der Waals surface area contributed by atoms with Crippen LogP contribution in [0.1, 0.15) is 43.6 Å². The number of hydrogen-bond donors (Lipinski definition) is 3. The van der Waals surface area contributed by atoms with Crippen LogP contribution in [0.15, 0.2) is 12.1 Å². The van der Waals surface area contributed by atoms with Gasteiger partial charge in [0.2, 0.25) is 5.91 Å². The Bertz CT molecular complexity index is 611. The zero-order valence-corrected chi connectivity index (χ0v) is 15.9. The first-order valence-corrected chi connectivity index (χ1v) is 9.24. The van der Waals surface area contributed by atoms with Crippen molar-refractivity contribution in [1.82, 2.24) is 10.2 Å². The summed E-state index contributed by atoms with van der Waals surface area (Å²) >= 11 is 1.48. The molecule has 0 aromatic heterocycles. The van der Waals surface area contributed by atoms with E-state index in [2.05, 4.69) is 5.32 Å². The van der Waals surface area contributed by atoms with Crippen LogP contribution in [0.2, 0.25) is 0 Å². The fraction of sp³-hybridized carbons (Fsp3) is 0.611. The highest BCUT2D eigenvalue weighted by Gasteiger charge is 2.32. The number of carbonyl (C=O) groups excluding carboxylic acids is 1. The van der Waals surface area contributed by atoms with Gasteiger partial charge in [0.1, 0.15) is 11.0 Å². The molecule has 6 heteroatoms. The quantitative estimate of drug-likeness (QED) is 0.773. The predicted octanol–water partition coefficient (Wildman–Crippen LogP) is 2.02. The molecule has 1 fully saturated rings. The molecule has 1 heterocycles. The summed E-state index contributed by atoms with van der Waals surface area (Å²) in [6.45, 7) is 7.29. The molecule has 0 saturated carbocycles. The molecule has 1 aromatic carbocycles. The maximum atomic E-state index is 12.1. The summed E-state index contributed by atoms with van der Waals surface area (Å²) in [5, 5.41) is 23.7. The van der Waals surface area contributed by atoms with Gasteiger partial charge in [0, 0.05) is 24.4 Å². The van der Waals surface area contributed by atoms with Crippen LogP contribution < -0.4 is 5.32 Å². The van der Waals surface area contributed by atoms with Gasteiger partial charge in [-0.3, -0.25) is 4.79 Å². The molecule has 2 unspecified atom stereocenters. The molecule has 1 aliphatic heterocycles. The highest BCUT2D eigenvalue weighted by Crippen LogP contribution is 2.38. The number of thioether (sulfide) groups is 1. The molecule has 5 nitrogen and oxygen atoms in total. The summed E-state index contributed by atoms with van der Waals surface area (Å²) in [4.78, 5) is 14.0. The molecule has 2 atom stereocenters. The van der Waals surface area contributed by atoms with E-state index in [0.717, 1.165) is 16.9 Å². The number of rotatable bonds is 4. The van der Waals surface area contributed by atoms with E-state index >= 15 is 0 Å². The number of nitrogens with zero attached hydrogens (tertiary/aromatic N) is 1. The van der Waals surface area contributed by atoms with Crippen LogP contribution in [-0.2, 0) is 16.8 Å². The minimum absolute atomic E-state index is 0.127. The van der Waals surface area contributed by atoms with Crippen LogP contribution in [0, 0.1) is 0 Å². The lowest BCUT2D eigenvalue weighted by Crippen LogP contribution is -2.42. The van der Waals surface area contributed by atoms with E-state index in [0.29, 0.717) is 18.7 Å². The van der Waals surface area contributed by atoms with Crippen LogP contribution in [-0.4, -0.2) is 52.7 Å². The molecule has 1 amide bonds. The number of aliphatic hydroxyl groups excluding tert-OH is 1. The Hall–Kier alpha value is -1.24. The smallest absolute Gasteiger partial charge is 0.236 e. The van der Waals surface area contributed by atoms with Crippen molar-refractivity contribution in [3.63, 3.8) is 0 Å². The second-order valence-corrected chi connectivity index (χ2v) is 8.84. The molecule has 0 bridgehead atoms. The molecule has 0 radical (unpaired) electrons. The third-order valence-electron chi connectivity index (χ3n) is 4.09. The zero-order valence-electron chi connectivity index (χ0n) is 15.1. The first-order chi connectivity index (χ1) is 11.1. The molecular formula is C18H28N2O3S. The number of phenols is 1. The number of hydrogen-bond acceptors (Lipinski definition) is 5. The Labute approximate surface area is 148 Å². The van der Waals surface area contributed by atoms with Crippen molar-refractivity contribution in [3.8, 4) is 5.75 Å². The van der Waals surface area contributed by atoms with Gasteiger partial charge in [-0.25, -0.2) is 0 Å². The van der Waals surface area contributed by atoms with E-state index in [-0.39, 0.29) is 17.1 Å². The average molecular weight is 353 g/mol. The monoisotopic (exact) mass is 352 g/mol. The minimum Gasteiger partial charge on any atom is -0.507 e. The van der Waals surface area contributed by atoms with Gasteiger partial charge < -0.3 is 20.4 Å². The second kappa shape index (κ2) is 7.33. The Morgan fingerprint density at radius 2 is 2.04 bits per heavy atom. The van der Waals surface area contributed by atoms with Gasteiger partial charge in [0.05, 0.1) is 6.10 Å². The van der Waals surface area contributed by atoms with Gasteiger partial charge in [-0.05, 0) is 42.8 Å². The van der Waals surface area contributed by atoms with Gasteiger partial charge in [0.25, 0.3) is 0 Å². The van der Waals surface area contributed by atoms with Crippen molar-refractivity contribution < 1.29 is 15.0 Å². The van der Waals surface area contributed by atoms with Crippen LogP contribution in [0.5, 0.6) is 5.75 Å². The van der Waals surface area contributed by atoms with Gasteiger partial charge >= 0.3 is 0 Å². The van der Waals surface area contributed by atoms with Gasteiger partial charge in [-0.1, -0.05) is 20.8 Å². The molecule has 0 aliphatic carbocycles. The molecule has 1 aromatic rings. The highest BCUT2D eigenvalue weighted by molar-refractivity contribution is 8.00. The number of aromatic hydroxyl groups is 1. The maximum Gasteiger partial charge on any atom is 0.236 e. The standard InChI is InChI=1S/C18H28N2O3S/c1-18(2,3)13-9-11(8-12(14(13)21)10-20(4)5)15(22)16-17(23)19-6-7-24-16/h8-9,15-16,21-22H,6-7,10H2,1-5H3,(H,19,23). The fourth-order valence-electron chi connectivity index (χ4n) is 2.87. The molecule has 24 heavy (non-hydrogen) atoms. The Morgan fingerprint density at radius 1 is 1.38 bits per heavy atom. The summed E-state index contributed by atoms with van der Waals surface area (Å²) in [5.41, 5.74) is 1.98. The summed E-state index contributed by atoms with van der Waals surface area (Å²) in [5.74, 6) is 0.939. The summed E-state index contributed by atoms with van der Waals surface area (Å²) in [6, 6.07) is 3.65. The molecule has 134 valence electrons. The molecule has 3 N–H and O–H groups in total. The zero-order chi connectivity index (χ0) is 18.1. The largest absolute Gasteiger partial charge is 0.507 e. The van der Waals surface area contributed by atoms with Crippen molar-refractivity contribution in [2.24, 2.45) is 0 Å². The SMILES string of the molecule is CN(C)Cc1cc(C(O)C2SCCNC2=O)cc(C(C)(C)C)c1O. The number of carbonyl (C=O) groups is 1. The number of nitrogens with one attached hydrogen (secondary N) is 1. The topological polar surface area (TPSA) is 72.8 Å². The maximum absolute atomic E-state index is 12.1. The van der Waals surface area contributed by atoms with Crippen molar-refractivity contribution in [1.29, 1.82) is 0 Å². The third-order valence-corrected chi connectivity index (χ3v) is 5.36. The second-order valence-electron chi connectivity index (χ2n) is 7.59. The fourth-order valence-corrected chi connectivity index (χ4v) is 3.92. The van der Waals surface area contributed by atoms with Crippen molar-refractivity contribution in [3.05, 3.63) is 28.8 Å². The van der Waals surface area contributed by atoms with Gasteiger partial charge in [0.15, 0.2) is 0 Å². The number of aliphatic hydroxyl groups is 1. The molecular weight excluding hydrogens is 324 g/mol. The average Bonchev–Trinajstić information content (AvgIpc) is 2.47. The van der Waals surface area contributed by atoms with Crippen LogP contribution in [0.25, 0.3) is 0 Å².